The van der Waals surface area contributed by atoms with Crippen LogP contribution in [0.1, 0.15) is 20.8 Å². The Morgan fingerprint density at radius 1 is 1.33 bits per heavy atom. The van der Waals surface area contributed by atoms with Crippen molar-refractivity contribution in [3.63, 3.8) is 0 Å². The molecule has 1 amide bonds. The minimum absolute atomic E-state index is 0.0541. The minimum atomic E-state index is -0.0541. The fraction of sp³-hybridized carbons (Fsp3) is 0.600. The topological polar surface area (TPSA) is 94.0 Å². The molecule has 2 aromatic heterocycles. The Labute approximate surface area is 145 Å². The molecule has 0 aromatic carbocycles. The molecule has 8 nitrogen and oxygen atoms in total. The lowest BCUT2D eigenvalue weighted by Crippen LogP contribution is -2.24. The van der Waals surface area contributed by atoms with Gasteiger partial charge in [-0.3, -0.25) is 4.79 Å². The molecule has 24 heavy (non-hydrogen) atoms. The Kier molecular flexibility index (Phi) is 7.26. The van der Waals surface area contributed by atoms with Gasteiger partial charge in [0.25, 0.3) is 0 Å². The van der Waals surface area contributed by atoms with E-state index in [1.54, 1.807) is 22.6 Å². The van der Waals surface area contributed by atoms with E-state index < -0.39 is 0 Å². The van der Waals surface area contributed by atoms with Crippen LogP contribution in [0.25, 0.3) is 11.0 Å². The van der Waals surface area contributed by atoms with E-state index in [-0.39, 0.29) is 5.91 Å². The van der Waals surface area contributed by atoms with Gasteiger partial charge in [0.2, 0.25) is 5.91 Å². The van der Waals surface area contributed by atoms with Crippen molar-refractivity contribution in [2.75, 3.05) is 37.4 Å². The highest BCUT2D eigenvalue weighted by Crippen LogP contribution is 2.24. The van der Waals surface area contributed by atoms with Crippen molar-refractivity contribution >= 4 is 34.5 Å². The summed E-state index contributed by atoms with van der Waals surface area (Å²) < 4.78 is 7.15. The average Bonchev–Trinajstić information content (AvgIpc) is 2.95. The number of amides is 1. The molecule has 0 atom stereocenters. The Balaban J connectivity index is 2.21. The van der Waals surface area contributed by atoms with E-state index in [1.165, 1.54) is 6.92 Å². The van der Waals surface area contributed by atoms with Crippen molar-refractivity contribution in [1.82, 2.24) is 25.1 Å². The van der Waals surface area contributed by atoms with Gasteiger partial charge in [-0.1, -0.05) is 18.7 Å². The second-order valence-corrected chi connectivity index (χ2v) is 6.23. The number of aromatic nitrogens is 4. The second-order valence-electron chi connectivity index (χ2n) is 5.00. The van der Waals surface area contributed by atoms with Crippen LogP contribution in [0.4, 0.5) is 5.82 Å². The van der Waals surface area contributed by atoms with E-state index in [1.807, 2.05) is 6.92 Å². The molecule has 0 saturated heterocycles. The van der Waals surface area contributed by atoms with Gasteiger partial charge in [-0.2, -0.15) is 5.10 Å². The number of rotatable bonds is 10. The summed E-state index contributed by atoms with van der Waals surface area (Å²) in [5.74, 6) is 1.60. The maximum absolute atomic E-state index is 11.0. The molecule has 0 bridgehead atoms. The van der Waals surface area contributed by atoms with Gasteiger partial charge in [0.1, 0.15) is 5.82 Å². The van der Waals surface area contributed by atoms with E-state index in [0.717, 1.165) is 22.6 Å². The molecular weight excluding hydrogens is 328 g/mol. The largest absolute Gasteiger partial charge is 0.380 e. The van der Waals surface area contributed by atoms with E-state index in [4.69, 9.17) is 4.74 Å². The predicted molar refractivity (Wildman–Crippen MR) is 95.4 cm³/mol. The molecule has 0 spiro atoms. The normalized spacial score (nSPS) is 11.0. The Morgan fingerprint density at radius 2 is 2.17 bits per heavy atom. The number of carbonyl (C=O) groups excluding carboxylic acids is 1. The number of nitrogens with one attached hydrogen (secondary N) is 2. The molecule has 2 aromatic rings. The molecule has 0 aliphatic carbocycles. The van der Waals surface area contributed by atoms with Crippen molar-refractivity contribution in [3.05, 3.63) is 6.20 Å². The summed E-state index contributed by atoms with van der Waals surface area (Å²) in [5, 5.41) is 12.0. The van der Waals surface area contributed by atoms with Crippen LogP contribution in [-0.2, 0) is 16.1 Å². The number of hydrogen-bond donors (Lipinski definition) is 2. The SMILES string of the molecule is CCOCCNc1nc(SCC)nc2c1cnn2CCNC(C)=O. The van der Waals surface area contributed by atoms with Gasteiger partial charge < -0.3 is 15.4 Å². The van der Waals surface area contributed by atoms with Crippen molar-refractivity contribution < 1.29 is 9.53 Å². The molecular formula is C15H24N6O2S. The average molecular weight is 352 g/mol. The molecule has 0 unspecified atom stereocenters. The monoisotopic (exact) mass is 352 g/mol. The molecule has 2 heterocycles. The molecule has 2 N–H and O–H groups in total. The lowest BCUT2D eigenvalue weighted by molar-refractivity contribution is -0.118. The van der Waals surface area contributed by atoms with Gasteiger partial charge in [0, 0.05) is 26.6 Å². The Bertz CT molecular complexity index is 675. The zero-order valence-electron chi connectivity index (χ0n) is 14.3. The van der Waals surface area contributed by atoms with Crippen LogP contribution < -0.4 is 10.6 Å². The van der Waals surface area contributed by atoms with Crippen LogP contribution >= 0.6 is 11.8 Å². The maximum atomic E-state index is 11.0. The van der Waals surface area contributed by atoms with Gasteiger partial charge in [0.15, 0.2) is 10.8 Å². The van der Waals surface area contributed by atoms with Crippen LogP contribution in [-0.4, -0.2) is 57.7 Å². The molecule has 2 rings (SSSR count). The Hall–Kier alpha value is -1.87. The lowest BCUT2D eigenvalue weighted by Gasteiger charge is -2.09. The molecule has 0 aliphatic rings. The smallest absolute Gasteiger partial charge is 0.216 e. The first-order chi connectivity index (χ1) is 11.7. The fourth-order valence-corrected chi connectivity index (χ4v) is 2.72. The summed E-state index contributed by atoms with van der Waals surface area (Å²) in [4.78, 5) is 20.2. The van der Waals surface area contributed by atoms with Crippen LogP contribution in [0.2, 0.25) is 0 Å². The number of carbonyl (C=O) groups is 1. The second kappa shape index (κ2) is 9.43. The standard InChI is InChI=1S/C15H24N6O2S/c1-4-23-9-7-17-13-12-10-18-21(8-6-16-11(3)22)14(12)20-15(19-13)24-5-2/h10H,4-9H2,1-3H3,(H,16,22)(H,17,19,20). The molecule has 9 heteroatoms. The summed E-state index contributed by atoms with van der Waals surface area (Å²) >= 11 is 1.58. The quantitative estimate of drug-likeness (QED) is 0.380. The Morgan fingerprint density at radius 3 is 2.88 bits per heavy atom. The zero-order valence-corrected chi connectivity index (χ0v) is 15.2. The van der Waals surface area contributed by atoms with Gasteiger partial charge >= 0.3 is 0 Å². The highest BCUT2D eigenvalue weighted by Gasteiger charge is 2.13. The highest BCUT2D eigenvalue weighted by molar-refractivity contribution is 7.99. The van der Waals surface area contributed by atoms with Gasteiger partial charge in [-0.15, -0.1) is 0 Å². The van der Waals surface area contributed by atoms with Crippen LogP contribution in [0.3, 0.4) is 0 Å². The fourth-order valence-electron chi connectivity index (χ4n) is 2.15. The molecule has 132 valence electrons. The molecule has 0 saturated carbocycles. The first-order valence-electron chi connectivity index (χ1n) is 8.08. The highest BCUT2D eigenvalue weighted by atomic mass is 32.2. The van der Waals surface area contributed by atoms with Crippen LogP contribution in [0, 0.1) is 0 Å². The maximum Gasteiger partial charge on any atom is 0.216 e. The van der Waals surface area contributed by atoms with E-state index in [2.05, 4.69) is 32.6 Å². The first kappa shape index (κ1) is 18.5. The van der Waals surface area contributed by atoms with Crippen LogP contribution in [0.5, 0.6) is 0 Å². The molecule has 0 fully saturated rings. The van der Waals surface area contributed by atoms with E-state index in [9.17, 15) is 4.79 Å². The minimum Gasteiger partial charge on any atom is -0.380 e. The van der Waals surface area contributed by atoms with Crippen LogP contribution in [0.15, 0.2) is 11.4 Å². The predicted octanol–water partition coefficient (Wildman–Crippen LogP) is 1.52. The number of ether oxygens (including phenoxy) is 1. The first-order valence-corrected chi connectivity index (χ1v) is 9.06. The number of hydrogen-bond acceptors (Lipinski definition) is 7. The lowest BCUT2D eigenvalue weighted by atomic mass is 10.4. The third-order valence-corrected chi connectivity index (χ3v) is 3.92. The number of nitrogens with zero attached hydrogens (tertiary/aromatic N) is 4. The number of fused-ring (bicyclic) bond motifs is 1. The third-order valence-electron chi connectivity index (χ3n) is 3.19. The third kappa shape index (κ3) is 5.07. The van der Waals surface area contributed by atoms with Crippen molar-refractivity contribution in [2.24, 2.45) is 0 Å². The summed E-state index contributed by atoms with van der Waals surface area (Å²) in [7, 11) is 0. The molecule has 0 radical (unpaired) electrons. The van der Waals surface area contributed by atoms with Gasteiger partial charge in [0.05, 0.1) is 24.7 Å². The van der Waals surface area contributed by atoms with Crippen molar-refractivity contribution in [2.45, 2.75) is 32.5 Å². The van der Waals surface area contributed by atoms with E-state index in [0.29, 0.717) is 38.0 Å². The summed E-state index contributed by atoms with van der Waals surface area (Å²) in [6, 6.07) is 0. The summed E-state index contributed by atoms with van der Waals surface area (Å²) in [6.45, 7) is 8.60. The zero-order chi connectivity index (χ0) is 17.4. The van der Waals surface area contributed by atoms with E-state index >= 15 is 0 Å². The number of anilines is 1. The van der Waals surface area contributed by atoms with Gasteiger partial charge in [-0.05, 0) is 12.7 Å². The molecule has 0 aliphatic heterocycles. The van der Waals surface area contributed by atoms with Crippen molar-refractivity contribution in [1.29, 1.82) is 0 Å². The summed E-state index contributed by atoms with van der Waals surface area (Å²) in [5.41, 5.74) is 0.769. The number of thioether (sulfide) groups is 1. The van der Waals surface area contributed by atoms with Gasteiger partial charge in [-0.25, -0.2) is 14.6 Å². The van der Waals surface area contributed by atoms with Crippen molar-refractivity contribution in [3.8, 4) is 0 Å². The summed E-state index contributed by atoms with van der Waals surface area (Å²) in [6.07, 6.45) is 1.76.